The highest BCUT2D eigenvalue weighted by Crippen LogP contribution is 2.24. The molecule has 2 aromatic rings. The lowest BCUT2D eigenvalue weighted by Gasteiger charge is -2.42. The van der Waals surface area contributed by atoms with Crippen LogP contribution in [0.4, 0.5) is 0 Å². The number of hydrogen-bond acceptors (Lipinski definition) is 3. The number of nitrogens with zero attached hydrogens (tertiary/aromatic N) is 2. The molecule has 1 unspecified atom stereocenters. The summed E-state index contributed by atoms with van der Waals surface area (Å²) in [6.45, 7) is 3.71. The van der Waals surface area contributed by atoms with Crippen molar-refractivity contribution < 1.29 is 14.4 Å². The van der Waals surface area contributed by atoms with E-state index in [2.05, 4.69) is 5.32 Å². The van der Waals surface area contributed by atoms with Crippen molar-refractivity contribution in [1.82, 2.24) is 15.1 Å². The molecule has 2 saturated heterocycles. The number of rotatable bonds is 5. The average Bonchev–Trinajstić information content (AvgIpc) is 2.76. The van der Waals surface area contributed by atoms with Gasteiger partial charge in [0.2, 0.25) is 11.8 Å². The first-order valence-electron chi connectivity index (χ1n) is 10.5. The van der Waals surface area contributed by atoms with Crippen LogP contribution in [0.3, 0.4) is 0 Å². The molecule has 1 N–H and O–H groups in total. The van der Waals surface area contributed by atoms with Gasteiger partial charge in [-0.3, -0.25) is 14.4 Å². The van der Waals surface area contributed by atoms with Crippen LogP contribution in [0.5, 0.6) is 0 Å². The molecule has 156 valence electrons. The lowest BCUT2D eigenvalue weighted by atomic mass is 9.98. The molecule has 0 saturated carbocycles. The molecule has 0 spiro atoms. The Hall–Kier alpha value is -3.15. The summed E-state index contributed by atoms with van der Waals surface area (Å²) in [4.78, 5) is 41.0. The third-order valence-electron chi connectivity index (χ3n) is 5.87. The molecule has 0 radical (unpaired) electrons. The second-order valence-corrected chi connectivity index (χ2v) is 8.16. The van der Waals surface area contributed by atoms with Gasteiger partial charge in [-0.2, -0.15) is 0 Å². The number of piperazine rings is 1. The Balaban J connectivity index is 1.35. The summed E-state index contributed by atoms with van der Waals surface area (Å²) in [7, 11) is 0. The van der Waals surface area contributed by atoms with Crippen molar-refractivity contribution >= 4 is 17.7 Å². The zero-order valence-electron chi connectivity index (χ0n) is 17.3. The molecule has 2 aliphatic rings. The Morgan fingerprint density at radius 1 is 1.07 bits per heavy atom. The molecule has 4 rings (SSSR count). The molecule has 30 heavy (non-hydrogen) atoms. The number of piperidine rings is 1. The van der Waals surface area contributed by atoms with Gasteiger partial charge in [0.15, 0.2) is 0 Å². The van der Waals surface area contributed by atoms with Crippen LogP contribution in [0.1, 0.15) is 46.3 Å². The molecule has 2 aliphatic heterocycles. The molecular formula is C24H27N3O3. The number of aryl methyl sites for hydroxylation is 1. The van der Waals surface area contributed by atoms with Gasteiger partial charge >= 0.3 is 0 Å². The summed E-state index contributed by atoms with van der Waals surface area (Å²) in [5.74, 6) is -0.0640. The predicted octanol–water partition coefficient (Wildman–Crippen LogP) is 2.65. The second-order valence-electron chi connectivity index (χ2n) is 8.16. The molecule has 3 amide bonds. The number of hydrogen-bond donors (Lipinski definition) is 1. The van der Waals surface area contributed by atoms with Crippen LogP contribution in [-0.4, -0.2) is 46.7 Å². The summed E-state index contributed by atoms with van der Waals surface area (Å²) in [6.07, 6.45) is 2.71. The lowest BCUT2D eigenvalue weighted by molar-refractivity contribution is -0.158. The standard InChI is InChI=1S/C24H27N3O3/c1-17-5-4-6-19(13-17)14-25-23(29)20-10-8-18(9-11-20)15-26-16-22(28)27-12-3-2-7-21(27)24(26)30/h4-6,8-11,13,21H,2-3,7,12,14-16H2,1H3,(H,25,29). The van der Waals surface area contributed by atoms with E-state index in [0.29, 0.717) is 25.2 Å². The summed E-state index contributed by atoms with van der Waals surface area (Å²) in [5, 5.41) is 2.93. The number of carbonyl (C=O) groups is 3. The Morgan fingerprint density at radius 3 is 2.63 bits per heavy atom. The van der Waals surface area contributed by atoms with E-state index in [9.17, 15) is 14.4 Å². The fourth-order valence-electron chi connectivity index (χ4n) is 4.25. The molecule has 6 nitrogen and oxygen atoms in total. The Kier molecular flexibility index (Phi) is 5.84. The van der Waals surface area contributed by atoms with Gasteiger partial charge in [-0.05, 0) is 49.4 Å². The highest BCUT2D eigenvalue weighted by Gasteiger charge is 2.40. The molecule has 6 heteroatoms. The summed E-state index contributed by atoms with van der Waals surface area (Å²) < 4.78 is 0. The van der Waals surface area contributed by atoms with Crippen LogP contribution in [0.15, 0.2) is 48.5 Å². The predicted molar refractivity (Wildman–Crippen MR) is 114 cm³/mol. The van der Waals surface area contributed by atoms with Crippen molar-refractivity contribution in [2.45, 2.75) is 45.3 Å². The summed E-state index contributed by atoms with van der Waals surface area (Å²) >= 11 is 0. The second kappa shape index (κ2) is 8.69. The van der Waals surface area contributed by atoms with Gasteiger partial charge in [-0.15, -0.1) is 0 Å². The van der Waals surface area contributed by atoms with Crippen molar-refractivity contribution in [2.75, 3.05) is 13.1 Å². The van der Waals surface area contributed by atoms with Gasteiger partial charge < -0.3 is 15.1 Å². The zero-order chi connectivity index (χ0) is 21.1. The monoisotopic (exact) mass is 405 g/mol. The van der Waals surface area contributed by atoms with Crippen molar-refractivity contribution in [3.63, 3.8) is 0 Å². The van der Waals surface area contributed by atoms with E-state index >= 15 is 0 Å². The molecule has 0 bridgehead atoms. The Morgan fingerprint density at radius 2 is 1.87 bits per heavy atom. The fourth-order valence-corrected chi connectivity index (χ4v) is 4.25. The molecule has 0 aliphatic carbocycles. The Labute approximate surface area is 176 Å². The fraction of sp³-hybridized carbons (Fsp3) is 0.375. The molecule has 1 atom stereocenters. The molecule has 2 fully saturated rings. The molecule has 2 aromatic carbocycles. The molecule has 2 heterocycles. The van der Waals surface area contributed by atoms with E-state index in [4.69, 9.17) is 0 Å². The minimum Gasteiger partial charge on any atom is -0.348 e. The van der Waals surface area contributed by atoms with E-state index < -0.39 is 0 Å². The van der Waals surface area contributed by atoms with E-state index in [1.165, 1.54) is 0 Å². The number of nitrogens with one attached hydrogen (secondary N) is 1. The van der Waals surface area contributed by atoms with Crippen LogP contribution < -0.4 is 5.32 Å². The van der Waals surface area contributed by atoms with Crippen molar-refractivity contribution in [2.24, 2.45) is 0 Å². The Bertz CT molecular complexity index is 954. The van der Waals surface area contributed by atoms with Crippen molar-refractivity contribution in [1.29, 1.82) is 0 Å². The van der Waals surface area contributed by atoms with E-state index in [1.807, 2.05) is 43.3 Å². The van der Waals surface area contributed by atoms with Crippen LogP contribution >= 0.6 is 0 Å². The lowest BCUT2D eigenvalue weighted by Crippen LogP contribution is -2.60. The number of carbonyl (C=O) groups excluding carboxylic acids is 3. The van der Waals surface area contributed by atoms with Gasteiger partial charge in [0, 0.05) is 25.2 Å². The summed E-state index contributed by atoms with van der Waals surface area (Å²) in [5.41, 5.74) is 3.71. The first kappa shape index (κ1) is 20.1. The number of benzene rings is 2. The van der Waals surface area contributed by atoms with Gasteiger partial charge in [-0.1, -0.05) is 42.0 Å². The summed E-state index contributed by atoms with van der Waals surface area (Å²) in [6, 6.07) is 15.0. The van der Waals surface area contributed by atoms with Gasteiger partial charge in [0.1, 0.15) is 12.6 Å². The van der Waals surface area contributed by atoms with Crippen molar-refractivity contribution in [3.05, 3.63) is 70.8 Å². The number of fused-ring (bicyclic) bond motifs is 1. The molecule has 0 aromatic heterocycles. The normalized spacial score (nSPS) is 18.9. The van der Waals surface area contributed by atoms with Crippen LogP contribution in [0, 0.1) is 6.92 Å². The van der Waals surface area contributed by atoms with Crippen molar-refractivity contribution in [3.8, 4) is 0 Å². The van der Waals surface area contributed by atoms with Gasteiger partial charge in [0.25, 0.3) is 5.91 Å². The molecular weight excluding hydrogens is 378 g/mol. The average molecular weight is 405 g/mol. The highest BCUT2D eigenvalue weighted by atomic mass is 16.2. The van der Waals surface area contributed by atoms with E-state index in [-0.39, 0.29) is 30.3 Å². The third-order valence-corrected chi connectivity index (χ3v) is 5.87. The number of amides is 3. The minimum atomic E-state index is -0.299. The maximum Gasteiger partial charge on any atom is 0.251 e. The highest BCUT2D eigenvalue weighted by molar-refractivity contribution is 5.95. The first-order chi connectivity index (χ1) is 14.5. The van der Waals surface area contributed by atoms with E-state index in [1.54, 1.807) is 21.9 Å². The van der Waals surface area contributed by atoms with Crippen LogP contribution in [-0.2, 0) is 22.7 Å². The van der Waals surface area contributed by atoms with Crippen LogP contribution in [0.2, 0.25) is 0 Å². The maximum atomic E-state index is 12.8. The minimum absolute atomic E-state index is 0.0337. The SMILES string of the molecule is Cc1cccc(CNC(=O)c2ccc(CN3CC(=O)N4CCCCC4C3=O)cc2)c1. The quantitative estimate of drug-likeness (QED) is 0.832. The third kappa shape index (κ3) is 4.37. The smallest absolute Gasteiger partial charge is 0.251 e. The topological polar surface area (TPSA) is 69.7 Å². The van der Waals surface area contributed by atoms with Crippen LogP contribution in [0.25, 0.3) is 0 Å². The maximum absolute atomic E-state index is 12.8. The van der Waals surface area contributed by atoms with E-state index in [0.717, 1.165) is 36.0 Å². The van der Waals surface area contributed by atoms with Gasteiger partial charge in [0.05, 0.1) is 0 Å². The zero-order valence-corrected chi connectivity index (χ0v) is 17.3. The van der Waals surface area contributed by atoms with Gasteiger partial charge in [-0.25, -0.2) is 0 Å². The first-order valence-corrected chi connectivity index (χ1v) is 10.5. The largest absolute Gasteiger partial charge is 0.348 e.